The number of phosphoric ester groups is 1. The minimum Gasteiger partial charge on any atom is -0.492 e. The number of esters is 1. The molecule has 0 bridgehead atoms. The van der Waals surface area contributed by atoms with E-state index in [9.17, 15) is 14.3 Å². The first kappa shape index (κ1) is 48.6. The zero-order valence-electron chi connectivity index (χ0n) is 32.4. The van der Waals surface area contributed by atoms with E-state index in [2.05, 4.69) is 38.2 Å². The van der Waals surface area contributed by atoms with Crippen LogP contribution in [0.15, 0.2) is 36.6 Å². The summed E-state index contributed by atoms with van der Waals surface area (Å²) < 4.78 is 33.1. The monoisotopic (exact) mass is 728 g/mol. The molecule has 0 aromatic heterocycles. The van der Waals surface area contributed by atoms with Gasteiger partial charge >= 0.3 is 13.8 Å². The molecule has 0 aliphatic carbocycles. The fraction of sp³-hybridized carbons (Fsp3) is 0.829. The summed E-state index contributed by atoms with van der Waals surface area (Å²) in [7, 11) is -4.27. The number of ether oxygens (including phenoxy) is 2. The molecule has 0 fully saturated rings. The van der Waals surface area contributed by atoms with Crippen LogP contribution in [-0.2, 0) is 27.9 Å². The summed E-state index contributed by atoms with van der Waals surface area (Å²) in [6.07, 6.45) is 44.0. The quantitative estimate of drug-likeness (QED) is 0.0211. The normalized spacial score (nSPS) is 13.8. The van der Waals surface area contributed by atoms with Gasteiger partial charge in [0, 0.05) is 13.0 Å². The maximum Gasteiger partial charge on any atom is 0.472 e. The Balaban J connectivity index is 4.12. The lowest BCUT2D eigenvalue weighted by Crippen LogP contribution is -2.25. The van der Waals surface area contributed by atoms with E-state index in [1.807, 2.05) is 6.08 Å². The SMILES string of the molecule is CCCCCC/C=C\CCCCCCCC/C=C\O[C@H](COC(=O)CCCCCCCCC/C=C\CCCCCC)COP(=O)(O)OCCN. The Bertz CT molecular complexity index is 864. The summed E-state index contributed by atoms with van der Waals surface area (Å²) >= 11 is 0. The number of hydrogen-bond acceptors (Lipinski definition) is 7. The second kappa shape index (κ2) is 38.8. The lowest BCUT2D eigenvalue weighted by Gasteiger charge is -2.19. The molecule has 9 heteroatoms. The van der Waals surface area contributed by atoms with Crippen LogP contribution in [0.25, 0.3) is 0 Å². The molecule has 8 nitrogen and oxygen atoms in total. The molecule has 0 radical (unpaired) electrons. The standard InChI is InChI=1S/C41H78NO7P/c1-3-5-7-9-11-13-15-17-19-21-23-25-27-29-31-33-36-46-40(39-49-50(44,45)48-37-35-42)38-47-41(43)34-32-30-28-26-24-22-20-18-16-14-12-10-8-6-4-2/h13-16,33,36,40H,3-12,17-32,34-35,37-39,42H2,1-2H3,(H,44,45)/b15-13-,16-14-,36-33-/t40-/m1/s1. The number of unbranched alkanes of at least 4 members (excludes halogenated alkanes) is 22. The van der Waals surface area contributed by atoms with Gasteiger partial charge in [0.15, 0.2) is 6.10 Å². The molecule has 50 heavy (non-hydrogen) atoms. The highest BCUT2D eigenvalue weighted by atomic mass is 31.2. The molecule has 0 aromatic rings. The molecule has 0 aliphatic rings. The van der Waals surface area contributed by atoms with Gasteiger partial charge in [-0.15, -0.1) is 0 Å². The largest absolute Gasteiger partial charge is 0.492 e. The molecule has 0 spiro atoms. The maximum atomic E-state index is 12.4. The zero-order chi connectivity index (χ0) is 36.6. The van der Waals surface area contributed by atoms with E-state index in [0.717, 1.165) is 32.1 Å². The fourth-order valence-electron chi connectivity index (χ4n) is 5.50. The smallest absolute Gasteiger partial charge is 0.472 e. The van der Waals surface area contributed by atoms with Gasteiger partial charge in [0.05, 0.1) is 19.5 Å². The van der Waals surface area contributed by atoms with E-state index in [-0.39, 0.29) is 32.3 Å². The Kier molecular flexibility index (Phi) is 37.7. The second-order valence-corrected chi connectivity index (χ2v) is 15.0. The Morgan fingerprint density at radius 2 is 1.02 bits per heavy atom. The molecule has 0 rings (SSSR count). The molecular weight excluding hydrogens is 649 g/mol. The van der Waals surface area contributed by atoms with Crippen molar-refractivity contribution in [3.63, 3.8) is 0 Å². The van der Waals surface area contributed by atoms with E-state index in [1.54, 1.807) is 6.26 Å². The summed E-state index contributed by atoms with van der Waals surface area (Å²) in [5.41, 5.74) is 5.36. The molecule has 0 aliphatic heterocycles. The Labute approximate surface area is 308 Å². The van der Waals surface area contributed by atoms with E-state index in [4.69, 9.17) is 24.3 Å². The number of phosphoric acid groups is 1. The van der Waals surface area contributed by atoms with Crippen LogP contribution in [0, 0.1) is 0 Å². The van der Waals surface area contributed by atoms with Gasteiger partial charge in [-0.2, -0.15) is 0 Å². The number of nitrogens with two attached hydrogens (primary N) is 1. The first-order valence-corrected chi connectivity index (χ1v) is 22.0. The van der Waals surface area contributed by atoms with Gasteiger partial charge in [-0.3, -0.25) is 13.8 Å². The van der Waals surface area contributed by atoms with Crippen LogP contribution in [-0.4, -0.2) is 43.3 Å². The lowest BCUT2D eigenvalue weighted by molar-refractivity contribution is -0.147. The first-order valence-electron chi connectivity index (χ1n) is 20.5. The van der Waals surface area contributed by atoms with Crippen molar-refractivity contribution in [1.29, 1.82) is 0 Å². The van der Waals surface area contributed by atoms with E-state index in [0.29, 0.717) is 6.42 Å². The minimum atomic E-state index is -4.27. The molecule has 0 saturated heterocycles. The molecular formula is C41H78NO7P. The first-order chi connectivity index (χ1) is 24.4. The van der Waals surface area contributed by atoms with Gasteiger partial charge in [-0.25, -0.2) is 4.57 Å². The third kappa shape index (κ3) is 37.8. The third-order valence-corrected chi connectivity index (χ3v) is 9.60. The van der Waals surface area contributed by atoms with E-state index >= 15 is 0 Å². The van der Waals surface area contributed by atoms with E-state index in [1.165, 1.54) is 135 Å². The highest BCUT2D eigenvalue weighted by molar-refractivity contribution is 7.47. The number of rotatable bonds is 39. The number of hydrogen-bond donors (Lipinski definition) is 2. The average molecular weight is 728 g/mol. The van der Waals surface area contributed by atoms with Crippen molar-refractivity contribution < 1.29 is 32.8 Å². The second-order valence-electron chi connectivity index (χ2n) is 13.6. The van der Waals surface area contributed by atoms with Crippen LogP contribution in [0.3, 0.4) is 0 Å². The van der Waals surface area contributed by atoms with Crippen molar-refractivity contribution >= 4 is 13.8 Å². The van der Waals surface area contributed by atoms with Crippen LogP contribution >= 0.6 is 7.82 Å². The fourth-order valence-corrected chi connectivity index (χ4v) is 6.26. The Hall–Kier alpha value is -1.44. The predicted molar refractivity (Wildman–Crippen MR) is 210 cm³/mol. The predicted octanol–water partition coefficient (Wildman–Crippen LogP) is 12.2. The summed E-state index contributed by atoms with van der Waals surface area (Å²) in [4.78, 5) is 22.2. The highest BCUT2D eigenvalue weighted by Crippen LogP contribution is 2.43. The maximum absolute atomic E-state index is 12.4. The molecule has 0 amide bonds. The van der Waals surface area contributed by atoms with Crippen LogP contribution in [0.2, 0.25) is 0 Å². The summed E-state index contributed by atoms with van der Waals surface area (Å²) in [6, 6.07) is 0. The Morgan fingerprint density at radius 3 is 1.48 bits per heavy atom. The van der Waals surface area contributed by atoms with Gasteiger partial charge in [0.25, 0.3) is 0 Å². The number of carbonyl (C=O) groups is 1. The van der Waals surface area contributed by atoms with Crippen molar-refractivity contribution in [2.24, 2.45) is 5.73 Å². The average Bonchev–Trinajstić information content (AvgIpc) is 3.11. The van der Waals surface area contributed by atoms with Crippen LogP contribution in [0.4, 0.5) is 0 Å². The topological polar surface area (TPSA) is 117 Å². The Morgan fingerprint density at radius 1 is 0.600 bits per heavy atom. The molecule has 0 aromatic carbocycles. The van der Waals surface area contributed by atoms with Crippen molar-refractivity contribution in [1.82, 2.24) is 0 Å². The molecule has 1 unspecified atom stereocenters. The van der Waals surface area contributed by atoms with Crippen molar-refractivity contribution in [2.75, 3.05) is 26.4 Å². The van der Waals surface area contributed by atoms with Crippen molar-refractivity contribution in [3.05, 3.63) is 36.6 Å². The van der Waals surface area contributed by atoms with Gasteiger partial charge in [-0.05, 0) is 76.7 Å². The number of carbonyl (C=O) groups excluding carboxylic acids is 1. The zero-order valence-corrected chi connectivity index (χ0v) is 33.3. The van der Waals surface area contributed by atoms with E-state index < -0.39 is 13.9 Å². The van der Waals surface area contributed by atoms with Gasteiger partial charge in [0.2, 0.25) is 0 Å². The van der Waals surface area contributed by atoms with Gasteiger partial charge < -0.3 is 20.1 Å². The molecule has 0 saturated carbocycles. The highest BCUT2D eigenvalue weighted by Gasteiger charge is 2.24. The van der Waals surface area contributed by atoms with Gasteiger partial charge in [-0.1, -0.05) is 134 Å². The minimum absolute atomic E-state index is 0.0682. The summed E-state index contributed by atoms with van der Waals surface area (Å²) in [5, 5.41) is 0. The van der Waals surface area contributed by atoms with Crippen LogP contribution in [0.1, 0.15) is 187 Å². The summed E-state index contributed by atoms with van der Waals surface area (Å²) in [5.74, 6) is -0.297. The molecule has 0 heterocycles. The van der Waals surface area contributed by atoms with Crippen LogP contribution in [0.5, 0.6) is 0 Å². The molecule has 294 valence electrons. The van der Waals surface area contributed by atoms with Crippen molar-refractivity contribution in [2.45, 2.75) is 193 Å². The van der Waals surface area contributed by atoms with Gasteiger partial charge in [0.1, 0.15) is 6.61 Å². The summed E-state index contributed by atoms with van der Waals surface area (Å²) in [6.45, 7) is 4.18. The third-order valence-electron chi connectivity index (χ3n) is 8.62. The number of allylic oxidation sites excluding steroid dienone is 5. The van der Waals surface area contributed by atoms with Crippen molar-refractivity contribution in [3.8, 4) is 0 Å². The lowest BCUT2D eigenvalue weighted by atomic mass is 10.1. The van der Waals surface area contributed by atoms with Crippen LogP contribution < -0.4 is 5.73 Å². The molecule has 3 N–H and O–H groups in total. The molecule has 2 atom stereocenters.